The first-order valence-corrected chi connectivity index (χ1v) is 8.91. The minimum atomic E-state index is 0.726. The molecule has 0 spiro atoms. The molecule has 2 heterocycles. The quantitative estimate of drug-likeness (QED) is 0.562. The molecule has 0 amide bonds. The Morgan fingerprint density at radius 1 is 0.885 bits per heavy atom. The number of para-hydroxylation sites is 1. The highest BCUT2D eigenvalue weighted by Crippen LogP contribution is 2.27. The molecule has 0 saturated heterocycles. The van der Waals surface area contributed by atoms with Gasteiger partial charge in [0.1, 0.15) is 5.82 Å². The van der Waals surface area contributed by atoms with Gasteiger partial charge in [-0.15, -0.1) is 0 Å². The van der Waals surface area contributed by atoms with E-state index in [0.29, 0.717) is 0 Å². The Morgan fingerprint density at radius 2 is 1.65 bits per heavy atom. The fourth-order valence-electron chi connectivity index (χ4n) is 3.28. The molecule has 130 valence electrons. The van der Waals surface area contributed by atoms with Gasteiger partial charge >= 0.3 is 0 Å². The van der Waals surface area contributed by atoms with Gasteiger partial charge in [-0.3, -0.25) is 4.40 Å². The van der Waals surface area contributed by atoms with E-state index in [2.05, 4.69) is 66.6 Å². The van der Waals surface area contributed by atoms with E-state index in [1.807, 2.05) is 22.7 Å². The molecule has 0 fully saturated rings. The second-order valence-corrected chi connectivity index (χ2v) is 6.57. The third kappa shape index (κ3) is 3.18. The first-order chi connectivity index (χ1) is 12.7. The molecule has 4 heteroatoms. The van der Waals surface area contributed by atoms with Crippen LogP contribution in [0.1, 0.15) is 22.4 Å². The predicted octanol–water partition coefficient (Wildman–Crippen LogP) is 4.87. The molecule has 0 aliphatic rings. The van der Waals surface area contributed by atoms with E-state index in [4.69, 9.17) is 4.98 Å². The average Bonchev–Trinajstić information content (AvgIpc) is 3.01. The first kappa shape index (κ1) is 16.3. The smallest absolute Gasteiger partial charge is 0.235 e. The molecule has 2 aromatic carbocycles. The van der Waals surface area contributed by atoms with Crippen molar-refractivity contribution in [1.29, 1.82) is 0 Å². The van der Waals surface area contributed by atoms with Crippen LogP contribution in [-0.4, -0.2) is 14.4 Å². The molecule has 4 nitrogen and oxygen atoms in total. The Kier molecular flexibility index (Phi) is 4.40. The minimum absolute atomic E-state index is 0.726. The van der Waals surface area contributed by atoms with Crippen molar-refractivity contribution in [3.63, 3.8) is 0 Å². The summed E-state index contributed by atoms with van der Waals surface area (Å²) in [5, 5.41) is 3.63. The highest BCUT2D eigenvalue weighted by Gasteiger charge is 2.14. The summed E-state index contributed by atoms with van der Waals surface area (Å²) in [6.45, 7) is 4.25. The zero-order valence-electron chi connectivity index (χ0n) is 15.1. The van der Waals surface area contributed by atoms with Crippen molar-refractivity contribution in [2.45, 2.75) is 26.7 Å². The van der Waals surface area contributed by atoms with E-state index in [9.17, 15) is 0 Å². The Labute approximate surface area is 153 Å². The molecule has 26 heavy (non-hydrogen) atoms. The zero-order valence-corrected chi connectivity index (χ0v) is 15.1. The summed E-state index contributed by atoms with van der Waals surface area (Å²) in [5.74, 6) is 1.73. The molecule has 0 radical (unpaired) electrons. The summed E-state index contributed by atoms with van der Waals surface area (Å²) in [6.07, 6.45) is 5.61. The van der Waals surface area contributed by atoms with Crippen molar-refractivity contribution < 1.29 is 0 Å². The Hall–Kier alpha value is -3.14. The number of rotatable bonds is 5. The van der Waals surface area contributed by atoms with E-state index in [1.165, 1.54) is 16.7 Å². The van der Waals surface area contributed by atoms with Crippen LogP contribution in [0.2, 0.25) is 0 Å². The second kappa shape index (κ2) is 7.00. The van der Waals surface area contributed by atoms with Crippen molar-refractivity contribution in [1.82, 2.24) is 14.4 Å². The standard InChI is InChI=1S/C22H22N4/c1-16-8-6-9-17(2)20(16)25-21-19(13-12-18-10-4-3-5-11-18)24-22-23-14-7-15-26(21)22/h3-11,14-15,25H,12-13H2,1-2H3. The molecule has 0 saturated carbocycles. The third-order valence-electron chi connectivity index (χ3n) is 4.69. The van der Waals surface area contributed by atoms with Gasteiger partial charge in [0.25, 0.3) is 0 Å². The van der Waals surface area contributed by atoms with Gasteiger partial charge in [0.15, 0.2) is 0 Å². The number of nitrogens with one attached hydrogen (secondary N) is 1. The molecule has 0 aliphatic carbocycles. The number of fused-ring (bicyclic) bond motifs is 1. The van der Waals surface area contributed by atoms with Crippen LogP contribution in [0.15, 0.2) is 67.0 Å². The van der Waals surface area contributed by atoms with Crippen LogP contribution in [0.4, 0.5) is 11.5 Å². The van der Waals surface area contributed by atoms with Crippen LogP contribution in [0, 0.1) is 13.8 Å². The molecule has 0 bridgehead atoms. The lowest BCUT2D eigenvalue weighted by molar-refractivity contribution is 0.929. The van der Waals surface area contributed by atoms with Crippen LogP contribution in [0.3, 0.4) is 0 Å². The maximum Gasteiger partial charge on any atom is 0.235 e. The summed E-state index contributed by atoms with van der Waals surface area (Å²) in [4.78, 5) is 9.19. The molecule has 2 aromatic heterocycles. The maximum absolute atomic E-state index is 4.77. The highest BCUT2D eigenvalue weighted by molar-refractivity contribution is 5.68. The fraction of sp³-hybridized carbons (Fsp3) is 0.182. The molecule has 0 atom stereocenters. The second-order valence-electron chi connectivity index (χ2n) is 6.57. The molecule has 4 rings (SSSR count). The number of aryl methyl sites for hydroxylation is 4. The molecular formula is C22H22N4. The van der Waals surface area contributed by atoms with E-state index in [-0.39, 0.29) is 0 Å². The molecule has 0 aliphatic heterocycles. The van der Waals surface area contributed by atoms with Gasteiger partial charge in [-0.1, -0.05) is 48.5 Å². The number of aromatic nitrogens is 3. The number of anilines is 2. The fourth-order valence-corrected chi connectivity index (χ4v) is 3.28. The molecule has 0 unspecified atom stereocenters. The first-order valence-electron chi connectivity index (χ1n) is 8.91. The lowest BCUT2D eigenvalue weighted by Gasteiger charge is -2.13. The summed E-state index contributed by atoms with van der Waals surface area (Å²) in [5.41, 5.74) is 5.93. The third-order valence-corrected chi connectivity index (χ3v) is 4.69. The van der Waals surface area contributed by atoms with E-state index in [0.717, 1.165) is 35.8 Å². The van der Waals surface area contributed by atoms with Crippen LogP contribution < -0.4 is 5.32 Å². The number of imidazole rings is 1. The summed E-state index contributed by atoms with van der Waals surface area (Å²) in [7, 11) is 0. The van der Waals surface area contributed by atoms with Crippen molar-refractivity contribution in [3.05, 3.63) is 89.4 Å². The maximum atomic E-state index is 4.77. The summed E-state index contributed by atoms with van der Waals surface area (Å²) in [6, 6.07) is 18.8. The van der Waals surface area contributed by atoms with E-state index < -0.39 is 0 Å². The zero-order chi connectivity index (χ0) is 17.9. The Bertz CT molecular complexity index is 1010. The monoisotopic (exact) mass is 342 g/mol. The van der Waals surface area contributed by atoms with Gasteiger partial charge < -0.3 is 5.32 Å². The molecular weight excluding hydrogens is 320 g/mol. The minimum Gasteiger partial charge on any atom is -0.339 e. The van der Waals surface area contributed by atoms with Crippen LogP contribution >= 0.6 is 0 Å². The average molecular weight is 342 g/mol. The van der Waals surface area contributed by atoms with Gasteiger partial charge in [-0.05, 0) is 49.4 Å². The Balaban J connectivity index is 1.72. The lowest BCUT2D eigenvalue weighted by atomic mass is 10.1. The topological polar surface area (TPSA) is 42.2 Å². The van der Waals surface area contributed by atoms with Crippen LogP contribution in [0.5, 0.6) is 0 Å². The lowest BCUT2D eigenvalue weighted by Crippen LogP contribution is -2.03. The predicted molar refractivity (Wildman–Crippen MR) is 106 cm³/mol. The largest absolute Gasteiger partial charge is 0.339 e. The van der Waals surface area contributed by atoms with Crippen molar-refractivity contribution in [2.24, 2.45) is 0 Å². The van der Waals surface area contributed by atoms with Crippen LogP contribution in [-0.2, 0) is 12.8 Å². The number of hydrogen-bond acceptors (Lipinski definition) is 3. The van der Waals surface area contributed by atoms with E-state index >= 15 is 0 Å². The van der Waals surface area contributed by atoms with Crippen LogP contribution in [0.25, 0.3) is 5.78 Å². The number of hydrogen-bond donors (Lipinski definition) is 1. The molecule has 4 aromatic rings. The van der Waals surface area contributed by atoms with Gasteiger partial charge in [-0.2, -0.15) is 0 Å². The van der Waals surface area contributed by atoms with Crippen molar-refractivity contribution >= 4 is 17.3 Å². The summed E-state index contributed by atoms with van der Waals surface area (Å²) >= 11 is 0. The highest BCUT2D eigenvalue weighted by atomic mass is 15.2. The van der Waals surface area contributed by atoms with Crippen molar-refractivity contribution in [3.8, 4) is 0 Å². The van der Waals surface area contributed by atoms with Gasteiger partial charge in [0.2, 0.25) is 5.78 Å². The van der Waals surface area contributed by atoms with Gasteiger partial charge in [0, 0.05) is 18.1 Å². The normalized spacial score (nSPS) is 11.0. The summed E-state index contributed by atoms with van der Waals surface area (Å²) < 4.78 is 2.03. The van der Waals surface area contributed by atoms with E-state index in [1.54, 1.807) is 6.20 Å². The number of nitrogens with zero attached hydrogens (tertiary/aromatic N) is 3. The Morgan fingerprint density at radius 3 is 2.42 bits per heavy atom. The SMILES string of the molecule is Cc1cccc(C)c1Nc1c(CCc2ccccc2)nc2ncccn12. The molecule has 1 N–H and O–H groups in total. The van der Waals surface area contributed by atoms with Gasteiger partial charge in [0.05, 0.1) is 5.69 Å². The van der Waals surface area contributed by atoms with Crippen molar-refractivity contribution in [2.75, 3.05) is 5.32 Å². The number of benzene rings is 2. The van der Waals surface area contributed by atoms with Gasteiger partial charge in [-0.25, -0.2) is 9.97 Å².